The Labute approximate surface area is 191 Å². The molecule has 1 fully saturated rings. The number of hydrogen-bond acceptors (Lipinski definition) is 6. The normalized spacial score (nSPS) is 17.3. The summed E-state index contributed by atoms with van der Waals surface area (Å²) in [5.74, 6) is -0.0807. The summed E-state index contributed by atoms with van der Waals surface area (Å²) in [6.45, 7) is 2.16. The predicted molar refractivity (Wildman–Crippen MR) is 125 cm³/mol. The van der Waals surface area contributed by atoms with Crippen LogP contribution >= 0.6 is 0 Å². The largest absolute Gasteiger partial charge is 0.348 e. The first-order valence-corrected chi connectivity index (χ1v) is 12.6. The topological polar surface area (TPSA) is 107 Å². The van der Waals surface area contributed by atoms with Crippen LogP contribution in [0.2, 0.25) is 0 Å². The number of amides is 1. The maximum atomic E-state index is 13.3. The fourth-order valence-corrected chi connectivity index (χ4v) is 5.94. The lowest BCUT2D eigenvalue weighted by molar-refractivity contribution is 0.0952. The molecule has 4 aromatic rings. The van der Waals surface area contributed by atoms with Crippen LogP contribution in [0, 0.1) is 6.92 Å². The number of rotatable bonds is 5. The Bertz CT molecular complexity index is 1430. The van der Waals surface area contributed by atoms with Crippen molar-refractivity contribution in [3.63, 3.8) is 0 Å². The molecule has 4 heterocycles. The lowest BCUT2D eigenvalue weighted by Crippen LogP contribution is -2.23. The average molecular weight is 462 g/mol. The standard InChI is InChI=1S/C24H23N5O3S/c1-16-22-20(24(30)26-14-17-6-5-10-25-13-17)12-21(18-7-3-2-4-8-18)27-23(22)29(28-16)19-9-11-33(31,32)15-19/h2-8,10,12-13,19H,9,11,14-15H2,1H3,(H,26,30). The third-order valence-corrected chi connectivity index (χ3v) is 7.63. The number of nitrogens with one attached hydrogen (secondary N) is 1. The zero-order valence-corrected chi connectivity index (χ0v) is 18.9. The van der Waals surface area contributed by atoms with Crippen LogP contribution in [0.4, 0.5) is 0 Å². The van der Waals surface area contributed by atoms with Gasteiger partial charge in [-0.1, -0.05) is 36.4 Å². The zero-order chi connectivity index (χ0) is 23.0. The van der Waals surface area contributed by atoms with Gasteiger partial charge in [-0.25, -0.2) is 18.1 Å². The smallest absolute Gasteiger partial charge is 0.252 e. The number of carbonyl (C=O) groups is 1. The molecule has 0 aliphatic carbocycles. The number of benzene rings is 1. The summed E-state index contributed by atoms with van der Waals surface area (Å²) in [7, 11) is -3.10. The molecule has 0 radical (unpaired) electrons. The van der Waals surface area contributed by atoms with Gasteiger partial charge in [0.1, 0.15) is 0 Å². The van der Waals surface area contributed by atoms with E-state index in [2.05, 4.69) is 15.4 Å². The fourth-order valence-electron chi connectivity index (χ4n) is 4.25. The predicted octanol–water partition coefficient (Wildman–Crippen LogP) is 3.09. The summed E-state index contributed by atoms with van der Waals surface area (Å²) in [6, 6.07) is 14.8. The van der Waals surface area contributed by atoms with Crippen molar-refractivity contribution in [1.82, 2.24) is 25.1 Å². The maximum Gasteiger partial charge on any atom is 0.252 e. The third kappa shape index (κ3) is 4.23. The molecule has 0 spiro atoms. The molecular formula is C24H23N5O3S. The van der Waals surface area contributed by atoms with E-state index in [1.54, 1.807) is 23.1 Å². The van der Waals surface area contributed by atoms with E-state index in [0.717, 1.165) is 11.1 Å². The highest BCUT2D eigenvalue weighted by Crippen LogP contribution is 2.32. The van der Waals surface area contributed by atoms with Crippen LogP contribution < -0.4 is 5.32 Å². The minimum atomic E-state index is -3.10. The number of hydrogen-bond donors (Lipinski definition) is 1. The molecule has 33 heavy (non-hydrogen) atoms. The van der Waals surface area contributed by atoms with Crippen molar-refractivity contribution in [2.45, 2.75) is 25.9 Å². The first-order chi connectivity index (χ1) is 15.9. The second-order valence-corrected chi connectivity index (χ2v) is 10.5. The lowest BCUT2D eigenvalue weighted by atomic mass is 10.0. The second kappa shape index (κ2) is 8.40. The zero-order valence-electron chi connectivity index (χ0n) is 18.1. The molecule has 0 bridgehead atoms. The second-order valence-electron chi connectivity index (χ2n) is 8.25. The van der Waals surface area contributed by atoms with Gasteiger partial charge in [-0.05, 0) is 31.0 Å². The Morgan fingerprint density at radius 3 is 2.70 bits per heavy atom. The summed E-state index contributed by atoms with van der Waals surface area (Å²) in [5.41, 5.74) is 4.03. The molecular weight excluding hydrogens is 438 g/mol. The summed E-state index contributed by atoms with van der Waals surface area (Å²) < 4.78 is 25.9. The molecule has 1 aromatic carbocycles. The summed E-state index contributed by atoms with van der Waals surface area (Å²) in [5, 5.41) is 8.24. The molecule has 1 unspecified atom stereocenters. The molecule has 1 aliphatic heterocycles. The summed E-state index contributed by atoms with van der Waals surface area (Å²) >= 11 is 0. The van der Waals surface area contributed by atoms with Crippen LogP contribution in [-0.4, -0.2) is 45.6 Å². The molecule has 3 aromatic heterocycles. The van der Waals surface area contributed by atoms with Crippen molar-refractivity contribution in [3.05, 3.63) is 77.7 Å². The highest BCUT2D eigenvalue weighted by molar-refractivity contribution is 7.91. The van der Waals surface area contributed by atoms with Gasteiger partial charge in [0, 0.05) is 24.5 Å². The fraction of sp³-hybridized carbons (Fsp3) is 0.250. The van der Waals surface area contributed by atoms with E-state index in [1.807, 2.05) is 49.4 Å². The Hall–Kier alpha value is -3.59. The molecule has 1 amide bonds. The highest BCUT2D eigenvalue weighted by atomic mass is 32.2. The van der Waals surface area contributed by atoms with E-state index < -0.39 is 9.84 Å². The van der Waals surface area contributed by atoms with Gasteiger partial charge < -0.3 is 5.32 Å². The first kappa shape index (κ1) is 21.3. The molecule has 5 rings (SSSR count). The third-order valence-electron chi connectivity index (χ3n) is 5.88. The Kier molecular flexibility index (Phi) is 5.41. The van der Waals surface area contributed by atoms with Gasteiger partial charge in [-0.3, -0.25) is 9.78 Å². The van der Waals surface area contributed by atoms with Crippen LogP contribution in [-0.2, 0) is 16.4 Å². The Balaban J connectivity index is 1.61. The van der Waals surface area contributed by atoms with Gasteiger partial charge in [0.05, 0.1) is 39.9 Å². The highest BCUT2D eigenvalue weighted by Gasteiger charge is 2.32. The summed E-state index contributed by atoms with van der Waals surface area (Å²) in [4.78, 5) is 22.2. The van der Waals surface area contributed by atoms with Crippen molar-refractivity contribution in [3.8, 4) is 11.3 Å². The van der Waals surface area contributed by atoms with Crippen LogP contribution in [0.15, 0.2) is 60.9 Å². The number of aromatic nitrogens is 4. The number of fused-ring (bicyclic) bond motifs is 1. The monoisotopic (exact) mass is 461 g/mol. The molecule has 0 saturated carbocycles. The van der Waals surface area contributed by atoms with E-state index in [1.165, 1.54) is 0 Å². The molecule has 168 valence electrons. The van der Waals surface area contributed by atoms with E-state index in [9.17, 15) is 13.2 Å². The van der Waals surface area contributed by atoms with Crippen LogP contribution in [0.5, 0.6) is 0 Å². The first-order valence-electron chi connectivity index (χ1n) is 10.7. The van der Waals surface area contributed by atoms with Gasteiger partial charge in [-0.2, -0.15) is 5.10 Å². The van der Waals surface area contributed by atoms with E-state index in [0.29, 0.717) is 41.0 Å². The number of nitrogens with zero attached hydrogens (tertiary/aromatic N) is 4. The van der Waals surface area contributed by atoms with Gasteiger partial charge in [0.15, 0.2) is 15.5 Å². The number of carbonyl (C=O) groups excluding carboxylic acids is 1. The van der Waals surface area contributed by atoms with Crippen molar-refractivity contribution >= 4 is 26.8 Å². The minimum Gasteiger partial charge on any atom is -0.348 e. The maximum absolute atomic E-state index is 13.3. The summed E-state index contributed by atoms with van der Waals surface area (Å²) in [6.07, 6.45) is 3.88. The van der Waals surface area contributed by atoms with E-state index in [4.69, 9.17) is 4.98 Å². The van der Waals surface area contributed by atoms with Crippen molar-refractivity contribution < 1.29 is 13.2 Å². The van der Waals surface area contributed by atoms with Gasteiger partial charge in [0.2, 0.25) is 0 Å². The molecule has 1 atom stereocenters. The Morgan fingerprint density at radius 2 is 2.00 bits per heavy atom. The number of sulfone groups is 1. The number of pyridine rings is 2. The van der Waals surface area contributed by atoms with Crippen molar-refractivity contribution in [1.29, 1.82) is 0 Å². The number of aryl methyl sites for hydroxylation is 1. The van der Waals surface area contributed by atoms with Gasteiger partial charge in [-0.15, -0.1) is 0 Å². The minimum absolute atomic E-state index is 0.0308. The lowest BCUT2D eigenvalue weighted by Gasteiger charge is -2.12. The van der Waals surface area contributed by atoms with Gasteiger partial charge in [0.25, 0.3) is 5.91 Å². The molecule has 1 saturated heterocycles. The molecule has 1 N–H and O–H groups in total. The van der Waals surface area contributed by atoms with E-state index >= 15 is 0 Å². The van der Waals surface area contributed by atoms with Gasteiger partial charge >= 0.3 is 0 Å². The van der Waals surface area contributed by atoms with Crippen LogP contribution in [0.1, 0.15) is 34.1 Å². The van der Waals surface area contributed by atoms with Crippen molar-refractivity contribution in [2.75, 3.05) is 11.5 Å². The SMILES string of the molecule is Cc1nn(C2CCS(=O)(=O)C2)c2nc(-c3ccccc3)cc(C(=O)NCc3cccnc3)c12. The van der Waals surface area contributed by atoms with E-state index in [-0.39, 0.29) is 23.5 Å². The van der Waals surface area contributed by atoms with Crippen LogP contribution in [0.25, 0.3) is 22.3 Å². The molecule has 1 aliphatic rings. The Morgan fingerprint density at radius 1 is 1.18 bits per heavy atom. The molecule has 8 nitrogen and oxygen atoms in total. The average Bonchev–Trinajstić information content (AvgIpc) is 3.36. The molecule has 9 heteroatoms. The van der Waals surface area contributed by atoms with Crippen molar-refractivity contribution in [2.24, 2.45) is 0 Å². The quantitative estimate of drug-likeness (QED) is 0.489. The van der Waals surface area contributed by atoms with Crippen LogP contribution in [0.3, 0.4) is 0 Å².